The van der Waals surface area contributed by atoms with Crippen molar-refractivity contribution in [3.05, 3.63) is 65.2 Å². The number of hydrogen-bond donors (Lipinski definition) is 2. The Morgan fingerprint density at radius 1 is 1.09 bits per heavy atom. The van der Waals surface area contributed by atoms with Crippen molar-refractivity contribution >= 4 is 23.0 Å². The Labute approximate surface area is 144 Å². The van der Waals surface area contributed by atoms with Crippen LogP contribution in [0.3, 0.4) is 0 Å². The molecule has 1 aliphatic carbocycles. The van der Waals surface area contributed by atoms with Gasteiger partial charge in [0.2, 0.25) is 0 Å². The Hall–Kier alpha value is -1.87. The second kappa shape index (κ2) is 7.14. The molecule has 0 radical (unpaired) electrons. The SMILES string of the molecule is CC(C)c1ccccc1NC(=S)NC1CCCc2ccccc21. The molecular formula is C20H24N2S. The first kappa shape index (κ1) is 16.0. The minimum absolute atomic E-state index is 0.311. The fourth-order valence-corrected chi connectivity index (χ4v) is 3.59. The normalized spacial score (nSPS) is 16.7. The van der Waals surface area contributed by atoms with E-state index in [0.29, 0.717) is 17.1 Å². The van der Waals surface area contributed by atoms with Crippen LogP contribution in [0.1, 0.15) is 55.3 Å². The molecule has 1 unspecified atom stereocenters. The molecule has 1 aliphatic rings. The molecule has 0 saturated heterocycles. The van der Waals surface area contributed by atoms with Crippen molar-refractivity contribution in [2.45, 2.75) is 45.1 Å². The average Bonchev–Trinajstić information content (AvgIpc) is 2.55. The third-order valence-corrected chi connectivity index (χ3v) is 4.73. The lowest BCUT2D eigenvalue weighted by Gasteiger charge is -2.28. The molecule has 2 N–H and O–H groups in total. The molecule has 0 bridgehead atoms. The first-order valence-electron chi connectivity index (χ1n) is 8.39. The summed E-state index contributed by atoms with van der Waals surface area (Å²) in [4.78, 5) is 0. The number of rotatable bonds is 3. The van der Waals surface area contributed by atoms with Gasteiger partial charge in [-0.2, -0.15) is 0 Å². The van der Waals surface area contributed by atoms with Gasteiger partial charge in [-0.1, -0.05) is 56.3 Å². The first-order valence-corrected chi connectivity index (χ1v) is 8.80. The van der Waals surface area contributed by atoms with Gasteiger partial charge in [0.25, 0.3) is 0 Å². The molecule has 0 spiro atoms. The van der Waals surface area contributed by atoms with Crippen LogP contribution in [-0.4, -0.2) is 5.11 Å². The van der Waals surface area contributed by atoms with Gasteiger partial charge in [0.05, 0.1) is 6.04 Å². The third-order valence-electron chi connectivity index (χ3n) is 4.51. The van der Waals surface area contributed by atoms with Gasteiger partial charge in [0.15, 0.2) is 5.11 Å². The summed E-state index contributed by atoms with van der Waals surface area (Å²) in [6.07, 6.45) is 3.51. The molecule has 1 atom stereocenters. The monoisotopic (exact) mass is 324 g/mol. The lowest BCUT2D eigenvalue weighted by Crippen LogP contribution is -2.34. The number of fused-ring (bicyclic) bond motifs is 1. The maximum absolute atomic E-state index is 5.57. The van der Waals surface area contributed by atoms with Gasteiger partial charge >= 0.3 is 0 Å². The second-order valence-corrected chi connectivity index (χ2v) is 6.89. The largest absolute Gasteiger partial charge is 0.356 e. The molecule has 0 aliphatic heterocycles. The maximum atomic E-state index is 5.57. The van der Waals surface area contributed by atoms with E-state index in [1.165, 1.54) is 29.5 Å². The molecule has 0 amide bonds. The predicted octanol–water partition coefficient (Wildman–Crippen LogP) is 5.17. The average molecular weight is 324 g/mol. The van der Waals surface area contributed by atoms with Crippen LogP contribution in [0.25, 0.3) is 0 Å². The minimum atomic E-state index is 0.311. The highest BCUT2D eigenvalue weighted by atomic mass is 32.1. The highest BCUT2D eigenvalue weighted by Gasteiger charge is 2.20. The molecule has 2 aromatic carbocycles. The summed E-state index contributed by atoms with van der Waals surface area (Å²) in [5.74, 6) is 0.469. The Morgan fingerprint density at radius 3 is 2.65 bits per heavy atom. The summed E-state index contributed by atoms with van der Waals surface area (Å²) in [6, 6.07) is 17.4. The zero-order valence-corrected chi connectivity index (χ0v) is 14.6. The van der Waals surface area contributed by atoms with E-state index in [9.17, 15) is 0 Å². The number of benzene rings is 2. The fourth-order valence-electron chi connectivity index (χ4n) is 3.33. The van der Waals surface area contributed by atoms with E-state index < -0.39 is 0 Å². The lowest BCUT2D eigenvalue weighted by molar-refractivity contribution is 0.529. The number of aryl methyl sites for hydroxylation is 1. The van der Waals surface area contributed by atoms with Crippen molar-refractivity contribution in [1.29, 1.82) is 0 Å². The Bertz CT molecular complexity index is 694. The van der Waals surface area contributed by atoms with E-state index >= 15 is 0 Å². The summed E-state index contributed by atoms with van der Waals surface area (Å²) >= 11 is 5.57. The molecule has 120 valence electrons. The Morgan fingerprint density at radius 2 is 1.83 bits per heavy atom. The van der Waals surface area contributed by atoms with Gasteiger partial charge in [-0.05, 0) is 60.2 Å². The Kier molecular flexibility index (Phi) is 4.97. The molecule has 0 saturated carbocycles. The van der Waals surface area contributed by atoms with Crippen molar-refractivity contribution < 1.29 is 0 Å². The van der Waals surface area contributed by atoms with Gasteiger partial charge < -0.3 is 10.6 Å². The van der Waals surface area contributed by atoms with Crippen molar-refractivity contribution in [2.24, 2.45) is 0 Å². The highest BCUT2D eigenvalue weighted by molar-refractivity contribution is 7.80. The number of hydrogen-bond acceptors (Lipinski definition) is 1. The van der Waals surface area contributed by atoms with E-state index in [2.05, 4.69) is 66.9 Å². The van der Waals surface area contributed by atoms with Crippen molar-refractivity contribution in [2.75, 3.05) is 5.32 Å². The standard InChI is InChI=1S/C20H24N2S/c1-14(2)16-10-5-6-12-18(16)21-20(23)22-19-13-7-9-15-8-3-4-11-17(15)19/h3-6,8,10-12,14,19H,7,9,13H2,1-2H3,(H2,21,22,23). The molecule has 2 aromatic rings. The van der Waals surface area contributed by atoms with Crippen LogP contribution in [0.2, 0.25) is 0 Å². The van der Waals surface area contributed by atoms with Crippen molar-refractivity contribution in [1.82, 2.24) is 5.32 Å². The number of anilines is 1. The lowest BCUT2D eigenvalue weighted by atomic mass is 9.88. The van der Waals surface area contributed by atoms with E-state index in [0.717, 1.165) is 12.1 Å². The van der Waals surface area contributed by atoms with Gasteiger partial charge in [0.1, 0.15) is 0 Å². The number of nitrogens with one attached hydrogen (secondary N) is 2. The first-order chi connectivity index (χ1) is 11.1. The summed E-state index contributed by atoms with van der Waals surface area (Å²) in [5.41, 5.74) is 5.23. The number of para-hydroxylation sites is 1. The molecule has 3 rings (SSSR count). The number of thiocarbonyl (C=S) groups is 1. The predicted molar refractivity (Wildman–Crippen MR) is 102 cm³/mol. The molecular weight excluding hydrogens is 300 g/mol. The van der Waals surface area contributed by atoms with Crippen molar-refractivity contribution in [3.8, 4) is 0 Å². The topological polar surface area (TPSA) is 24.1 Å². The van der Waals surface area contributed by atoms with Gasteiger partial charge in [-0.3, -0.25) is 0 Å². The molecule has 0 aromatic heterocycles. The van der Waals surface area contributed by atoms with Crippen LogP contribution in [0.15, 0.2) is 48.5 Å². The van der Waals surface area contributed by atoms with Crippen LogP contribution >= 0.6 is 12.2 Å². The molecule has 0 heterocycles. The fraction of sp³-hybridized carbons (Fsp3) is 0.350. The molecule has 0 fully saturated rings. The van der Waals surface area contributed by atoms with Crippen LogP contribution in [0.5, 0.6) is 0 Å². The van der Waals surface area contributed by atoms with Crippen LogP contribution < -0.4 is 10.6 Å². The quantitative estimate of drug-likeness (QED) is 0.761. The van der Waals surface area contributed by atoms with E-state index in [4.69, 9.17) is 12.2 Å². The van der Waals surface area contributed by atoms with Crippen LogP contribution in [-0.2, 0) is 6.42 Å². The summed E-state index contributed by atoms with van der Waals surface area (Å²) in [5, 5.41) is 7.61. The zero-order valence-electron chi connectivity index (χ0n) is 13.8. The summed E-state index contributed by atoms with van der Waals surface area (Å²) in [7, 11) is 0. The second-order valence-electron chi connectivity index (χ2n) is 6.48. The van der Waals surface area contributed by atoms with E-state index in [1.54, 1.807) is 0 Å². The highest BCUT2D eigenvalue weighted by Crippen LogP contribution is 2.30. The van der Waals surface area contributed by atoms with Crippen LogP contribution in [0, 0.1) is 0 Å². The van der Waals surface area contributed by atoms with Crippen molar-refractivity contribution in [3.63, 3.8) is 0 Å². The Balaban J connectivity index is 1.72. The van der Waals surface area contributed by atoms with E-state index in [1.807, 2.05) is 6.07 Å². The zero-order chi connectivity index (χ0) is 16.2. The summed E-state index contributed by atoms with van der Waals surface area (Å²) < 4.78 is 0. The smallest absolute Gasteiger partial charge is 0.171 e. The van der Waals surface area contributed by atoms with Crippen LogP contribution in [0.4, 0.5) is 5.69 Å². The molecule has 23 heavy (non-hydrogen) atoms. The maximum Gasteiger partial charge on any atom is 0.171 e. The van der Waals surface area contributed by atoms with Gasteiger partial charge in [0, 0.05) is 5.69 Å². The summed E-state index contributed by atoms with van der Waals surface area (Å²) in [6.45, 7) is 4.41. The molecule has 2 nitrogen and oxygen atoms in total. The minimum Gasteiger partial charge on any atom is -0.356 e. The van der Waals surface area contributed by atoms with E-state index in [-0.39, 0.29) is 0 Å². The molecule has 3 heteroatoms. The van der Waals surface area contributed by atoms with Gasteiger partial charge in [-0.15, -0.1) is 0 Å². The van der Waals surface area contributed by atoms with Gasteiger partial charge in [-0.25, -0.2) is 0 Å². The third kappa shape index (κ3) is 3.73.